The van der Waals surface area contributed by atoms with Gasteiger partial charge in [-0.25, -0.2) is 0 Å². The van der Waals surface area contributed by atoms with Crippen molar-refractivity contribution in [2.45, 2.75) is 76.9 Å². The summed E-state index contributed by atoms with van der Waals surface area (Å²) < 4.78 is 6.38. The summed E-state index contributed by atoms with van der Waals surface area (Å²) in [5, 5.41) is 5.93. The van der Waals surface area contributed by atoms with Gasteiger partial charge in [-0.1, -0.05) is 38.7 Å². The van der Waals surface area contributed by atoms with Crippen molar-refractivity contribution in [2.24, 2.45) is 0 Å². The van der Waals surface area contributed by atoms with Crippen LogP contribution in [0.15, 0.2) is 17.5 Å². The summed E-state index contributed by atoms with van der Waals surface area (Å²) in [5.74, 6) is 0. The van der Waals surface area contributed by atoms with Gasteiger partial charge in [0.15, 0.2) is 0 Å². The Balaban J connectivity index is 2.06. The number of likely N-dealkylation sites (N-methyl/N-ethyl adjacent to an activating group) is 1. The van der Waals surface area contributed by atoms with Crippen LogP contribution in [0, 0.1) is 0 Å². The van der Waals surface area contributed by atoms with Crippen molar-refractivity contribution >= 4 is 11.3 Å². The molecule has 1 unspecified atom stereocenters. The zero-order valence-electron chi connectivity index (χ0n) is 13.7. The lowest BCUT2D eigenvalue weighted by atomic mass is 9.83. The fourth-order valence-corrected chi connectivity index (χ4v) is 4.47. The van der Waals surface area contributed by atoms with Gasteiger partial charge in [-0.05, 0) is 50.6 Å². The van der Waals surface area contributed by atoms with Crippen molar-refractivity contribution in [1.82, 2.24) is 5.32 Å². The van der Waals surface area contributed by atoms with E-state index in [1.54, 1.807) is 0 Å². The molecular formula is C18H31NOS. The number of aryl methyl sites for hydroxylation is 1. The Hall–Kier alpha value is -0.380. The van der Waals surface area contributed by atoms with E-state index in [1.807, 2.05) is 11.3 Å². The van der Waals surface area contributed by atoms with Gasteiger partial charge in [-0.15, -0.1) is 11.3 Å². The molecule has 3 heteroatoms. The van der Waals surface area contributed by atoms with Crippen LogP contribution in [-0.2, 0) is 11.2 Å². The maximum Gasteiger partial charge on any atom is 0.0834 e. The van der Waals surface area contributed by atoms with Crippen molar-refractivity contribution in [3.05, 3.63) is 22.4 Å². The van der Waals surface area contributed by atoms with Gasteiger partial charge in [-0.2, -0.15) is 0 Å². The maximum atomic E-state index is 6.38. The van der Waals surface area contributed by atoms with E-state index >= 15 is 0 Å². The van der Waals surface area contributed by atoms with Crippen molar-refractivity contribution in [3.8, 4) is 0 Å². The third kappa shape index (κ3) is 4.80. The molecule has 0 spiro atoms. The number of hydrogen-bond acceptors (Lipinski definition) is 3. The first-order valence-corrected chi connectivity index (χ1v) is 9.58. The maximum absolute atomic E-state index is 6.38. The van der Waals surface area contributed by atoms with E-state index in [2.05, 4.69) is 36.7 Å². The van der Waals surface area contributed by atoms with Crippen LogP contribution in [0.4, 0.5) is 0 Å². The second-order valence-electron chi connectivity index (χ2n) is 6.14. The molecule has 1 aromatic heterocycles. The Labute approximate surface area is 134 Å². The Morgan fingerprint density at radius 3 is 2.57 bits per heavy atom. The summed E-state index contributed by atoms with van der Waals surface area (Å²) in [6, 6.07) is 4.91. The zero-order chi connectivity index (χ0) is 15.0. The summed E-state index contributed by atoms with van der Waals surface area (Å²) in [5.41, 5.74) is 0.0680. The van der Waals surface area contributed by atoms with Crippen LogP contribution in [0.25, 0.3) is 0 Å². The lowest BCUT2D eigenvalue weighted by Gasteiger charge is -2.41. The molecule has 1 saturated carbocycles. The predicted molar refractivity (Wildman–Crippen MR) is 92.2 cm³/mol. The van der Waals surface area contributed by atoms with E-state index in [1.165, 1.54) is 56.2 Å². The minimum absolute atomic E-state index is 0.0680. The molecule has 0 saturated heterocycles. The molecule has 0 bridgehead atoms. The first kappa shape index (κ1) is 17.0. The van der Waals surface area contributed by atoms with Crippen LogP contribution in [0.5, 0.6) is 0 Å². The van der Waals surface area contributed by atoms with E-state index in [0.29, 0.717) is 6.04 Å². The smallest absolute Gasteiger partial charge is 0.0834 e. The number of thiophene rings is 1. The lowest BCUT2D eigenvalue weighted by Crippen LogP contribution is -2.52. The Kier molecular flexibility index (Phi) is 7.21. The van der Waals surface area contributed by atoms with Crippen molar-refractivity contribution in [2.75, 3.05) is 13.2 Å². The van der Waals surface area contributed by atoms with Gasteiger partial charge in [0.2, 0.25) is 0 Å². The minimum Gasteiger partial charge on any atom is -0.374 e. The van der Waals surface area contributed by atoms with Gasteiger partial charge in [0, 0.05) is 17.5 Å². The van der Waals surface area contributed by atoms with Crippen LogP contribution in [0.3, 0.4) is 0 Å². The first-order chi connectivity index (χ1) is 10.3. The van der Waals surface area contributed by atoms with Crippen LogP contribution in [-0.4, -0.2) is 24.8 Å². The summed E-state index contributed by atoms with van der Waals surface area (Å²) in [4.78, 5) is 1.50. The number of hydrogen-bond donors (Lipinski definition) is 1. The number of rotatable bonds is 8. The van der Waals surface area contributed by atoms with Crippen molar-refractivity contribution in [3.63, 3.8) is 0 Å². The van der Waals surface area contributed by atoms with Gasteiger partial charge in [-0.3, -0.25) is 0 Å². The van der Waals surface area contributed by atoms with Gasteiger partial charge in [0.25, 0.3) is 0 Å². The van der Waals surface area contributed by atoms with Crippen LogP contribution in [0.2, 0.25) is 0 Å². The topological polar surface area (TPSA) is 21.3 Å². The first-order valence-electron chi connectivity index (χ1n) is 8.70. The quantitative estimate of drug-likeness (QED) is 0.697. The van der Waals surface area contributed by atoms with E-state index < -0.39 is 0 Å². The van der Waals surface area contributed by atoms with Crippen molar-refractivity contribution < 1.29 is 4.74 Å². The third-order valence-corrected chi connectivity index (χ3v) is 5.66. The molecule has 1 aromatic rings. The molecule has 1 fully saturated rings. The molecule has 0 aliphatic heterocycles. The van der Waals surface area contributed by atoms with Crippen molar-refractivity contribution in [1.29, 1.82) is 0 Å². The molecule has 1 heterocycles. The Morgan fingerprint density at radius 2 is 2.00 bits per heavy atom. The van der Waals surface area contributed by atoms with Gasteiger partial charge in [0.05, 0.1) is 5.60 Å². The fraction of sp³-hybridized carbons (Fsp3) is 0.778. The van der Waals surface area contributed by atoms with E-state index in [-0.39, 0.29) is 5.60 Å². The molecule has 2 rings (SSSR count). The fourth-order valence-electron chi connectivity index (χ4n) is 3.75. The highest BCUT2D eigenvalue weighted by Gasteiger charge is 2.39. The zero-order valence-corrected chi connectivity index (χ0v) is 14.5. The van der Waals surface area contributed by atoms with Crippen LogP contribution >= 0.6 is 11.3 Å². The molecule has 1 aliphatic rings. The Morgan fingerprint density at radius 1 is 1.24 bits per heavy atom. The lowest BCUT2D eigenvalue weighted by molar-refractivity contribution is -0.0781. The molecule has 21 heavy (non-hydrogen) atoms. The summed E-state index contributed by atoms with van der Waals surface area (Å²) in [7, 11) is 0. The SMILES string of the molecule is CCNC(CCc1cccs1)C1(OCC)CCCCCC1. The second-order valence-corrected chi connectivity index (χ2v) is 7.17. The molecule has 0 radical (unpaired) electrons. The highest BCUT2D eigenvalue weighted by molar-refractivity contribution is 7.09. The minimum atomic E-state index is 0.0680. The van der Waals surface area contributed by atoms with E-state index in [9.17, 15) is 0 Å². The highest BCUT2D eigenvalue weighted by Crippen LogP contribution is 2.35. The van der Waals surface area contributed by atoms with Gasteiger partial charge >= 0.3 is 0 Å². The van der Waals surface area contributed by atoms with E-state index in [0.717, 1.165) is 13.2 Å². The summed E-state index contributed by atoms with van der Waals surface area (Å²) in [6.07, 6.45) is 10.2. The second kappa shape index (κ2) is 8.92. The van der Waals surface area contributed by atoms with E-state index in [4.69, 9.17) is 4.74 Å². The average molecular weight is 310 g/mol. The predicted octanol–water partition coefficient (Wildman–Crippen LogP) is 4.79. The number of ether oxygens (including phenoxy) is 1. The third-order valence-electron chi connectivity index (χ3n) is 4.73. The molecule has 2 nitrogen and oxygen atoms in total. The van der Waals surface area contributed by atoms with Gasteiger partial charge in [0.1, 0.15) is 0 Å². The highest BCUT2D eigenvalue weighted by atomic mass is 32.1. The van der Waals surface area contributed by atoms with Crippen LogP contribution in [0.1, 0.15) is 63.7 Å². The molecule has 120 valence electrons. The summed E-state index contributed by atoms with van der Waals surface area (Å²) in [6.45, 7) is 6.23. The monoisotopic (exact) mass is 309 g/mol. The Bertz CT molecular complexity index is 369. The standard InChI is InChI=1S/C18H31NOS/c1-3-19-17(12-11-16-10-9-15-21-16)18(20-4-2)13-7-5-6-8-14-18/h9-10,15,17,19H,3-8,11-14H2,1-2H3. The summed E-state index contributed by atoms with van der Waals surface area (Å²) >= 11 is 1.88. The molecule has 1 N–H and O–H groups in total. The van der Waals surface area contributed by atoms with Gasteiger partial charge < -0.3 is 10.1 Å². The molecule has 0 aromatic carbocycles. The molecule has 1 aliphatic carbocycles. The largest absolute Gasteiger partial charge is 0.374 e. The molecule has 1 atom stereocenters. The number of nitrogens with one attached hydrogen (secondary N) is 1. The average Bonchev–Trinajstić information content (AvgIpc) is 2.89. The normalized spacial score (nSPS) is 20.1. The molecule has 0 amide bonds. The molecular weight excluding hydrogens is 278 g/mol. The van der Waals surface area contributed by atoms with Crippen LogP contribution < -0.4 is 5.32 Å².